The fraction of sp³-hybridized carbons (Fsp3) is 1.00. The number of hydrogen-bond donors (Lipinski definition) is 2. The van der Waals surface area contributed by atoms with Crippen LogP contribution in [0.2, 0.25) is 0 Å². The Kier molecular flexibility index (Phi) is 9.03. The molecule has 0 aliphatic carbocycles. The van der Waals surface area contributed by atoms with Crippen molar-refractivity contribution < 1.29 is 0 Å². The molecule has 0 aliphatic heterocycles. The van der Waals surface area contributed by atoms with Gasteiger partial charge in [-0.25, -0.2) is 0 Å². The van der Waals surface area contributed by atoms with E-state index in [-0.39, 0.29) is 5.50 Å². The molecule has 3 N–H and O–H groups in total. The van der Waals surface area contributed by atoms with E-state index in [4.69, 9.17) is 5.73 Å². The third kappa shape index (κ3) is 10.2. The molecule has 80 valence electrons. The molecule has 0 saturated heterocycles. The molecule has 0 aromatic heterocycles. The number of nitrogens with two attached hydrogens (primary N) is 1. The minimum Gasteiger partial charge on any atom is -0.307 e. The minimum atomic E-state index is 0.113. The van der Waals surface area contributed by atoms with Crippen molar-refractivity contribution in [3.8, 4) is 0 Å². The van der Waals surface area contributed by atoms with Crippen LogP contribution in [-0.4, -0.2) is 17.3 Å². The molecular weight excluding hydrogens is 180 g/mol. The molecule has 0 aromatic carbocycles. The Morgan fingerprint density at radius 1 is 1.23 bits per heavy atom. The van der Waals surface area contributed by atoms with Crippen LogP contribution in [0, 0.1) is 0 Å². The summed E-state index contributed by atoms with van der Waals surface area (Å²) in [6, 6.07) is 0.484. The number of hydrogen-bond acceptors (Lipinski definition) is 3. The lowest BCUT2D eigenvalue weighted by molar-refractivity contribution is 0.573. The summed E-state index contributed by atoms with van der Waals surface area (Å²) in [7, 11) is 0. The molecule has 0 amide bonds. The smallest absolute Gasteiger partial charge is 0.103 e. The number of nitrogens with one attached hydrogen (secondary N) is 1. The SMILES string of the molecule is CCCCCCSC(N)NC(C)C. The van der Waals surface area contributed by atoms with Gasteiger partial charge in [0.2, 0.25) is 0 Å². The fourth-order valence-corrected chi connectivity index (χ4v) is 2.11. The second-order valence-electron chi connectivity index (χ2n) is 3.67. The molecule has 0 radical (unpaired) electrons. The summed E-state index contributed by atoms with van der Waals surface area (Å²) in [4.78, 5) is 0. The summed E-state index contributed by atoms with van der Waals surface area (Å²) in [5.74, 6) is 1.18. The van der Waals surface area contributed by atoms with E-state index in [2.05, 4.69) is 26.1 Å². The van der Waals surface area contributed by atoms with E-state index < -0.39 is 0 Å². The maximum Gasteiger partial charge on any atom is 0.103 e. The molecule has 0 bridgehead atoms. The third-order valence-electron chi connectivity index (χ3n) is 1.79. The molecular formula is C10H24N2S. The number of rotatable bonds is 8. The van der Waals surface area contributed by atoms with Crippen molar-refractivity contribution in [1.29, 1.82) is 0 Å². The van der Waals surface area contributed by atoms with Crippen LogP contribution in [0.5, 0.6) is 0 Å². The second-order valence-corrected chi connectivity index (χ2v) is 4.92. The monoisotopic (exact) mass is 204 g/mol. The summed E-state index contributed by atoms with van der Waals surface area (Å²) in [5.41, 5.74) is 5.95. The van der Waals surface area contributed by atoms with Crippen LogP contribution in [0.4, 0.5) is 0 Å². The quantitative estimate of drug-likeness (QED) is 0.471. The average molecular weight is 204 g/mol. The zero-order valence-electron chi connectivity index (χ0n) is 9.18. The lowest BCUT2D eigenvalue weighted by Gasteiger charge is -2.15. The number of unbranched alkanes of at least 4 members (excludes halogenated alkanes) is 3. The third-order valence-corrected chi connectivity index (χ3v) is 2.81. The first kappa shape index (κ1) is 13.3. The predicted octanol–water partition coefficient (Wildman–Crippen LogP) is 2.54. The van der Waals surface area contributed by atoms with E-state index in [0.717, 1.165) is 0 Å². The maximum absolute atomic E-state index is 5.84. The van der Waals surface area contributed by atoms with Crippen molar-refractivity contribution in [2.45, 2.75) is 58.0 Å². The highest BCUT2D eigenvalue weighted by Crippen LogP contribution is 2.09. The van der Waals surface area contributed by atoms with E-state index >= 15 is 0 Å². The van der Waals surface area contributed by atoms with E-state index in [1.165, 1.54) is 31.4 Å². The summed E-state index contributed by atoms with van der Waals surface area (Å²) >= 11 is 1.82. The Morgan fingerprint density at radius 3 is 2.46 bits per heavy atom. The van der Waals surface area contributed by atoms with Gasteiger partial charge in [0, 0.05) is 6.04 Å². The van der Waals surface area contributed by atoms with E-state index in [0.29, 0.717) is 6.04 Å². The molecule has 1 unspecified atom stereocenters. The van der Waals surface area contributed by atoms with Gasteiger partial charge in [0.15, 0.2) is 0 Å². The van der Waals surface area contributed by atoms with Crippen molar-refractivity contribution in [2.75, 3.05) is 5.75 Å². The Bertz CT molecular complexity index is 107. The van der Waals surface area contributed by atoms with E-state index in [1.54, 1.807) is 0 Å². The first-order valence-corrected chi connectivity index (χ1v) is 6.35. The lowest BCUT2D eigenvalue weighted by Crippen LogP contribution is -2.39. The van der Waals surface area contributed by atoms with Gasteiger partial charge in [0.25, 0.3) is 0 Å². The van der Waals surface area contributed by atoms with Crippen LogP contribution in [0.1, 0.15) is 46.5 Å². The van der Waals surface area contributed by atoms with Crippen LogP contribution in [-0.2, 0) is 0 Å². The van der Waals surface area contributed by atoms with Crippen LogP contribution in [0.15, 0.2) is 0 Å². The van der Waals surface area contributed by atoms with Crippen LogP contribution < -0.4 is 11.1 Å². The zero-order valence-corrected chi connectivity index (χ0v) is 9.99. The molecule has 0 fully saturated rings. The summed E-state index contributed by atoms with van der Waals surface area (Å²) in [5, 5.41) is 3.27. The summed E-state index contributed by atoms with van der Waals surface area (Å²) in [6.45, 7) is 6.48. The molecule has 3 heteroatoms. The fourth-order valence-electron chi connectivity index (χ4n) is 1.12. The van der Waals surface area contributed by atoms with Gasteiger partial charge < -0.3 is 5.73 Å². The maximum atomic E-state index is 5.84. The van der Waals surface area contributed by atoms with Gasteiger partial charge in [-0.15, -0.1) is 11.8 Å². The predicted molar refractivity (Wildman–Crippen MR) is 62.8 cm³/mol. The van der Waals surface area contributed by atoms with Gasteiger partial charge in [-0.2, -0.15) is 0 Å². The normalized spacial score (nSPS) is 13.6. The average Bonchev–Trinajstić information content (AvgIpc) is 2.02. The highest BCUT2D eigenvalue weighted by atomic mass is 32.2. The van der Waals surface area contributed by atoms with E-state index in [9.17, 15) is 0 Å². The molecule has 0 rings (SSSR count). The summed E-state index contributed by atoms with van der Waals surface area (Å²) in [6.07, 6.45) is 5.30. The highest BCUT2D eigenvalue weighted by Gasteiger charge is 2.02. The zero-order chi connectivity index (χ0) is 10.1. The molecule has 13 heavy (non-hydrogen) atoms. The molecule has 1 atom stereocenters. The molecule has 0 spiro atoms. The lowest BCUT2D eigenvalue weighted by atomic mass is 10.2. The number of thioether (sulfide) groups is 1. The van der Waals surface area contributed by atoms with Crippen LogP contribution in [0.3, 0.4) is 0 Å². The van der Waals surface area contributed by atoms with Crippen molar-refractivity contribution >= 4 is 11.8 Å². The van der Waals surface area contributed by atoms with Gasteiger partial charge in [-0.05, 0) is 26.0 Å². The molecule has 0 saturated carbocycles. The first-order chi connectivity index (χ1) is 6.16. The van der Waals surface area contributed by atoms with Crippen molar-refractivity contribution in [3.05, 3.63) is 0 Å². The first-order valence-electron chi connectivity index (χ1n) is 5.30. The van der Waals surface area contributed by atoms with Gasteiger partial charge in [-0.3, -0.25) is 5.32 Å². The van der Waals surface area contributed by atoms with Crippen molar-refractivity contribution in [1.82, 2.24) is 5.32 Å². The molecule has 0 aliphatic rings. The van der Waals surface area contributed by atoms with Gasteiger partial charge >= 0.3 is 0 Å². The van der Waals surface area contributed by atoms with Crippen LogP contribution in [0.25, 0.3) is 0 Å². The second kappa shape index (κ2) is 8.85. The molecule has 0 heterocycles. The Balaban J connectivity index is 3.12. The minimum absolute atomic E-state index is 0.113. The topological polar surface area (TPSA) is 38.0 Å². The Morgan fingerprint density at radius 2 is 1.92 bits per heavy atom. The highest BCUT2D eigenvalue weighted by molar-refractivity contribution is 7.99. The molecule has 0 aromatic rings. The standard InChI is InChI=1S/C10H24N2S/c1-4-5-6-7-8-13-10(11)12-9(2)3/h9-10,12H,4-8,11H2,1-3H3. The van der Waals surface area contributed by atoms with Gasteiger partial charge in [0.1, 0.15) is 5.50 Å². The van der Waals surface area contributed by atoms with Crippen LogP contribution >= 0.6 is 11.8 Å². The Hall–Kier alpha value is 0.270. The van der Waals surface area contributed by atoms with Gasteiger partial charge in [0.05, 0.1) is 0 Å². The van der Waals surface area contributed by atoms with Gasteiger partial charge in [-0.1, -0.05) is 26.2 Å². The Labute approximate surface area is 87.0 Å². The largest absolute Gasteiger partial charge is 0.307 e. The van der Waals surface area contributed by atoms with Crippen molar-refractivity contribution in [2.24, 2.45) is 5.73 Å². The molecule has 2 nitrogen and oxygen atoms in total. The van der Waals surface area contributed by atoms with E-state index in [1.807, 2.05) is 11.8 Å². The van der Waals surface area contributed by atoms with Crippen molar-refractivity contribution in [3.63, 3.8) is 0 Å². The summed E-state index contributed by atoms with van der Waals surface area (Å²) < 4.78 is 0.